The molecule has 0 aliphatic carbocycles. The third-order valence-corrected chi connectivity index (χ3v) is 1.55. The fraction of sp³-hybridized carbons (Fsp3) is 0. The molecule has 0 aromatic carbocycles. The third-order valence-electron chi connectivity index (χ3n) is 1.55. The molecule has 0 radical (unpaired) electrons. The first kappa shape index (κ1) is 7.47. The number of anilines is 3. The highest BCUT2D eigenvalue weighted by Gasteiger charge is 2.14. The Morgan fingerprint density at radius 1 is 0.846 bits per heavy atom. The first-order valence-corrected chi connectivity index (χ1v) is 3.47. The number of fused-ring (bicyclic) bond motifs is 1. The zero-order valence-electron chi connectivity index (χ0n) is 6.60. The smallest absolute Gasteiger partial charge is 0.224 e. The molecule has 66 valence electrons. The lowest BCUT2D eigenvalue weighted by Crippen LogP contribution is -1.95. The number of nitrogen functional groups attached to an aromatic ring is 3. The molecule has 6 N–H and O–H groups in total. The highest BCUT2D eigenvalue weighted by Crippen LogP contribution is 2.25. The van der Waals surface area contributed by atoms with Crippen LogP contribution in [-0.2, 0) is 0 Å². The molecule has 7 nitrogen and oxygen atoms in total. The van der Waals surface area contributed by atoms with Crippen LogP contribution in [0, 0.1) is 0 Å². The van der Waals surface area contributed by atoms with Gasteiger partial charge < -0.3 is 17.2 Å². The minimum atomic E-state index is 0.00907. The fourth-order valence-corrected chi connectivity index (χ4v) is 1.02. The summed E-state index contributed by atoms with van der Waals surface area (Å²) < 4.78 is 0. The molecule has 0 saturated heterocycles. The average Bonchev–Trinajstić information content (AvgIpc) is 2.47. The molecule has 0 amide bonds. The van der Waals surface area contributed by atoms with Gasteiger partial charge in [-0.3, -0.25) is 0 Å². The largest absolute Gasteiger partial charge is 0.382 e. The Bertz CT molecular complexity index is 389. The molecule has 0 saturated carbocycles. The quantitative estimate of drug-likeness (QED) is 0.476. The summed E-state index contributed by atoms with van der Waals surface area (Å²) in [7, 11) is 0. The second-order valence-electron chi connectivity index (χ2n) is 2.42. The molecule has 0 atom stereocenters. The van der Waals surface area contributed by atoms with E-state index in [1.807, 2.05) is 0 Å². The maximum Gasteiger partial charge on any atom is 0.224 e. The lowest BCUT2D eigenvalue weighted by atomic mass is 10.3. The highest BCUT2D eigenvalue weighted by atomic mass is 15.1. The molecule has 0 aromatic heterocycles. The monoisotopic (exact) mass is 177 g/mol. The van der Waals surface area contributed by atoms with E-state index in [4.69, 9.17) is 17.2 Å². The molecule has 2 aliphatic heterocycles. The van der Waals surface area contributed by atoms with E-state index >= 15 is 0 Å². The van der Waals surface area contributed by atoms with Crippen LogP contribution in [0.1, 0.15) is 0 Å². The molecule has 2 heterocycles. The molecule has 2 aliphatic rings. The molecular formula is C6H7N7. The Balaban J connectivity index is 2.85. The molecule has 2 rings (SSSR count). The molecule has 0 aromatic rings. The van der Waals surface area contributed by atoms with Crippen LogP contribution in [0.5, 0.6) is 0 Å². The molecule has 0 unspecified atom stereocenters. The zero-order chi connectivity index (χ0) is 9.42. The molecule has 7 heteroatoms. The van der Waals surface area contributed by atoms with Crippen molar-refractivity contribution in [2.75, 3.05) is 17.2 Å². The van der Waals surface area contributed by atoms with Gasteiger partial charge in [0.1, 0.15) is 17.7 Å². The number of nitrogens with two attached hydrogens (primary N) is 3. The van der Waals surface area contributed by atoms with Crippen molar-refractivity contribution in [3.05, 3.63) is 6.33 Å². The summed E-state index contributed by atoms with van der Waals surface area (Å²) in [5.41, 5.74) is 17.3. The van der Waals surface area contributed by atoms with Crippen molar-refractivity contribution < 1.29 is 0 Å². The van der Waals surface area contributed by atoms with E-state index in [0.29, 0.717) is 11.4 Å². The van der Waals surface area contributed by atoms with Gasteiger partial charge in [0, 0.05) is 0 Å². The summed E-state index contributed by atoms with van der Waals surface area (Å²) in [5, 5.41) is 0. The van der Waals surface area contributed by atoms with Crippen LogP contribution >= 0.6 is 0 Å². The number of nitrogens with zero attached hydrogens (tertiary/aromatic N) is 4. The minimum Gasteiger partial charge on any atom is -0.382 e. The maximum atomic E-state index is 5.56. The van der Waals surface area contributed by atoms with Gasteiger partial charge in [0.25, 0.3) is 0 Å². The van der Waals surface area contributed by atoms with E-state index in [1.165, 1.54) is 6.33 Å². The summed E-state index contributed by atoms with van der Waals surface area (Å²) in [4.78, 5) is 15.3. The van der Waals surface area contributed by atoms with Crippen molar-refractivity contribution in [2.45, 2.75) is 0 Å². The molecule has 13 heavy (non-hydrogen) atoms. The molecule has 0 fully saturated rings. The highest BCUT2D eigenvalue weighted by molar-refractivity contribution is 5.75. The van der Waals surface area contributed by atoms with E-state index < -0.39 is 0 Å². The van der Waals surface area contributed by atoms with Crippen molar-refractivity contribution in [3.8, 4) is 11.4 Å². The van der Waals surface area contributed by atoms with Crippen molar-refractivity contribution in [2.24, 2.45) is 0 Å². The number of aromatic nitrogens is 4. The van der Waals surface area contributed by atoms with Crippen LogP contribution in [0.2, 0.25) is 0 Å². The fourth-order valence-electron chi connectivity index (χ4n) is 1.02. The van der Waals surface area contributed by atoms with Gasteiger partial charge in [-0.05, 0) is 0 Å². The van der Waals surface area contributed by atoms with E-state index in [0.717, 1.165) is 0 Å². The predicted molar refractivity (Wildman–Crippen MR) is 47.5 cm³/mol. The lowest BCUT2D eigenvalue weighted by Gasteiger charge is -1.91. The topological polar surface area (TPSA) is 130 Å². The van der Waals surface area contributed by atoms with Gasteiger partial charge in [-0.25, -0.2) is 9.97 Å². The lowest BCUT2D eigenvalue weighted by molar-refractivity contribution is 1.23. The van der Waals surface area contributed by atoms with E-state index in [2.05, 4.69) is 19.9 Å². The Morgan fingerprint density at radius 3 is 1.77 bits per heavy atom. The van der Waals surface area contributed by atoms with Crippen LogP contribution in [0.3, 0.4) is 0 Å². The SMILES string of the molecule is Nc1nc(N)c2ncnc-2c(N)n1. The Labute approximate surface area is 73.4 Å². The van der Waals surface area contributed by atoms with Crippen LogP contribution in [0.4, 0.5) is 17.6 Å². The third kappa shape index (κ3) is 1.06. The number of hydrogen-bond donors (Lipinski definition) is 3. The van der Waals surface area contributed by atoms with Crippen molar-refractivity contribution in [1.82, 2.24) is 19.9 Å². The van der Waals surface area contributed by atoms with Crippen molar-refractivity contribution in [1.29, 1.82) is 0 Å². The first-order chi connectivity index (χ1) is 6.18. The second-order valence-corrected chi connectivity index (χ2v) is 2.42. The second kappa shape index (κ2) is 2.41. The first-order valence-electron chi connectivity index (χ1n) is 3.47. The Morgan fingerprint density at radius 2 is 1.31 bits per heavy atom. The molecular weight excluding hydrogens is 170 g/mol. The van der Waals surface area contributed by atoms with Crippen molar-refractivity contribution >= 4 is 17.6 Å². The number of imidazole rings is 1. The van der Waals surface area contributed by atoms with Crippen molar-refractivity contribution in [3.63, 3.8) is 0 Å². The van der Waals surface area contributed by atoms with Gasteiger partial charge >= 0.3 is 0 Å². The van der Waals surface area contributed by atoms with Gasteiger partial charge in [-0.2, -0.15) is 9.97 Å². The number of hydrogen-bond acceptors (Lipinski definition) is 7. The van der Waals surface area contributed by atoms with Gasteiger partial charge in [0.15, 0.2) is 11.6 Å². The van der Waals surface area contributed by atoms with Gasteiger partial charge in [0.2, 0.25) is 5.95 Å². The summed E-state index contributed by atoms with van der Waals surface area (Å²) in [6, 6.07) is 0. The van der Waals surface area contributed by atoms with Crippen LogP contribution < -0.4 is 17.2 Å². The summed E-state index contributed by atoms with van der Waals surface area (Å²) in [5.74, 6) is 0.359. The standard InChI is InChI=1S/C6H7N7/c7-4-2-3(11-1-10-2)5(8)13-6(9)12-4/h1H,(H6,7,8,9,12,13). The zero-order valence-corrected chi connectivity index (χ0v) is 6.60. The van der Waals surface area contributed by atoms with Crippen LogP contribution in [-0.4, -0.2) is 19.9 Å². The average molecular weight is 177 g/mol. The Hall–Kier alpha value is -2.18. The molecule has 0 bridgehead atoms. The van der Waals surface area contributed by atoms with Crippen LogP contribution in [0.15, 0.2) is 6.33 Å². The summed E-state index contributed by atoms with van der Waals surface area (Å²) >= 11 is 0. The van der Waals surface area contributed by atoms with Gasteiger partial charge in [-0.15, -0.1) is 0 Å². The van der Waals surface area contributed by atoms with Gasteiger partial charge in [0.05, 0.1) is 0 Å². The summed E-state index contributed by atoms with van der Waals surface area (Å²) in [6.07, 6.45) is 1.34. The number of rotatable bonds is 0. The maximum absolute atomic E-state index is 5.56. The van der Waals surface area contributed by atoms with E-state index in [1.54, 1.807) is 0 Å². The minimum absolute atomic E-state index is 0.00907. The van der Waals surface area contributed by atoms with Crippen LogP contribution in [0.25, 0.3) is 11.4 Å². The molecule has 0 spiro atoms. The normalized spacial score (nSPS) is 10.5. The summed E-state index contributed by atoms with van der Waals surface area (Å²) in [6.45, 7) is 0. The Kier molecular flexibility index (Phi) is 1.38. The predicted octanol–water partition coefficient (Wildman–Crippen LogP) is -0.882. The van der Waals surface area contributed by atoms with Gasteiger partial charge in [-0.1, -0.05) is 0 Å². The van der Waals surface area contributed by atoms with E-state index in [9.17, 15) is 0 Å². The van der Waals surface area contributed by atoms with E-state index in [-0.39, 0.29) is 17.6 Å².